The Morgan fingerprint density at radius 1 is 1.38 bits per heavy atom. The zero-order chi connectivity index (χ0) is 15.4. The minimum absolute atomic E-state index is 0.0372. The number of amides is 3. The van der Waals surface area contributed by atoms with Crippen LogP contribution in [-0.4, -0.2) is 47.8 Å². The molecule has 3 amide bonds. The summed E-state index contributed by atoms with van der Waals surface area (Å²) in [4.78, 5) is 36.7. The van der Waals surface area contributed by atoms with Gasteiger partial charge < -0.3 is 15.5 Å². The van der Waals surface area contributed by atoms with E-state index in [2.05, 4.69) is 10.6 Å². The molecule has 21 heavy (non-hydrogen) atoms. The fourth-order valence-corrected chi connectivity index (χ4v) is 2.91. The molecule has 0 bridgehead atoms. The standard InChI is InChI=1S/C14H17N3O3S/c1-9-10(13(19)15-2)4-3-5-11(9)16-12(18)8-17-6-7-21-14(17)20/h3-5H,6-8H2,1-2H3,(H,15,19)(H,16,18). The van der Waals surface area contributed by atoms with Gasteiger partial charge in [0.05, 0.1) is 0 Å². The maximum Gasteiger partial charge on any atom is 0.282 e. The first kappa shape index (κ1) is 15.4. The largest absolute Gasteiger partial charge is 0.355 e. The number of carbonyl (C=O) groups is 3. The second-order valence-corrected chi connectivity index (χ2v) is 5.69. The summed E-state index contributed by atoms with van der Waals surface area (Å²) in [6.07, 6.45) is 0. The highest BCUT2D eigenvalue weighted by Crippen LogP contribution is 2.20. The fraction of sp³-hybridized carbons (Fsp3) is 0.357. The van der Waals surface area contributed by atoms with Gasteiger partial charge in [-0.3, -0.25) is 14.4 Å². The highest BCUT2D eigenvalue weighted by atomic mass is 32.2. The van der Waals surface area contributed by atoms with Crippen molar-refractivity contribution in [2.45, 2.75) is 6.92 Å². The summed E-state index contributed by atoms with van der Waals surface area (Å²) in [5.41, 5.74) is 1.80. The third-order valence-electron chi connectivity index (χ3n) is 3.26. The van der Waals surface area contributed by atoms with Crippen LogP contribution in [0.25, 0.3) is 0 Å². The Hall–Kier alpha value is -2.02. The third kappa shape index (κ3) is 3.55. The molecule has 1 fully saturated rings. The first-order valence-electron chi connectivity index (χ1n) is 6.56. The summed E-state index contributed by atoms with van der Waals surface area (Å²) in [7, 11) is 1.56. The number of benzene rings is 1. The first-order chi connectivity index (χ1) is 10.0. The topological polar surface area (TPSA) is 78.5 Å². The van der Waals surface area contributed by atoms with Crippen LogP contribution < -0.4 is 10.6 Å². The summed E-state index contributed by atoms with van der Waals surface area (Å²) < 4.78 is 0. The lowest BCUT2D eigenvalue weighted by atomic mass is 10.1. The Kier molecular flexibility index (Phi) is 4.85. The number of rotatable bonds is 4. The molecule has 0 aromatic heterocycles. The van der Waals surface area contributed by atoms with Crippen molar-refractivity contribution in [2.75, 3.05) is 31.2 Å². The molecule has 0 radical (unpaired) electrons. The van der Waals surface area contributed by atoms with E-state index in [1.165, 1.54) is 16.7 Å². The first-order valence-corrected chi connectivity index (χ1v) is 7.54. The molecule has 1 heterocycles. The fourth-order valence-electron chi connectivity index (χ4n) is 2.08. The van der Waals surface area contributed by atoms with Crippen LogP contribution in [0.15, 0.2) is 18.2 Å². The molecule has 1 aromatic rings. The molecule has 1 aliphatic heterocycles. The van der Waals surface area contributed by atoms with E-state index in [1.807, 2.05) is 0 Å². The lowest BCUT2D eigenvalue weighted by Gasteiger charge is -2.16. The van der Waals surface area contributed by atoms with Crippen molar-refractivity contribution in [1.29, 1.82) is 0 Å². The summed E-state index contributed by atoms with van der Waals surface area (Å²) in [5, 5.41) is 5.25. The summed E-state index contributed by atoms with van der Waals surface area (Å²) in [6, 6.07) is 5.15. The zero-order valence-corrected chi connectivity index (χ0v) is 12.8. The molecule has 0 atom stereocenters. The average Bonchev–Trinajstić information content (AvgIpc) is 2.85. The van der Waals surface area contributed by atoms with Crippen LogP contribution in [0.4, 0.5) is 10.5 Å². The monoisotopic (exact) mass is 307 g/mol. The number of hydrogen-bond acceptors (Lipinski definition) is 4. The highest BCUT2D eigenvalue weighted by molar-refractivity contribution is 8.13. The Balaban J connectivity index is 2.07. The molecule has 2 N–H and O–H groups in total. The molecule has 1 saturated heterocycles. The van der Waals surface area contributed by atoms with Gasteiger partial charge in [-0.2, -0.15) is 0 Å². The van der Waals surface area contributed by atoms with Gasteiger partial charge in [0.15, 0.2) is 0 Å². The van der Waals surface area contributed by atoms with Crippen molar-refractivity contribution < 1.29 is 14.4 Å². The Morgan fingerprint density at radius 2 is 2.14 bits per heavy atom. The van der Waals surface area contributed by atoms with E-state index in [0.717, 1.165) is 5.75 Å². The molecule has 0 unspecified atom stereocenters. The van der Waals surface area contributed by atoms with Gasteiger partial charge in [-0.1, -0.05) is 17.8 Å². The summed E-state index contributed by atoms with van der Waals surface area (Å²) >= 11 is 1.22. The minimum Gasteiger partial charge on any atom is -0.355 e. The van der Waals surface area contributed by atoms with Crippen LogP contribution in [0.3, 0.4) is 0 Å². The molecular weight excluding hydrogens is 290 g/mol. The Bertz CT molecular complexity index is 589. The predicted octanol–water partition coefficient (Wildman–Crippen LogP) is 1.46. The van der Waals surface area contributed by atoms with E-state index in [4.69, 9.17) is 0 Å². The van der Waals surface area contributed by atoms with Gasteiger partial charge >= 0.3 is 0 Å². The molecule has 112 valence electrons. The van der Waals surface area contributed by atoms with E-state index < -0.39 is 0 Å². The highest BCUT2D eigenvalue weighted by Gasteiger charge is 2.23. The molecular formula is C14H17N3O3S. The van der Waals surface area contributed by atoms with Crippen molar-refractivity contribution in [2.24, 2.45) is 0 Å². The summed E-state index contributed by atoms with van der Waals surface area (Å²) in [5.74, 6) is 0.259. The number of nitrogens with one attached hydrogen (secondary N) is 2. The molecule has 6 nitrogen and oxygen atoms in total. The number of hydrogen-bond donors (Lipinski definition) is 2. The zero-order valence-electron chi connectivity index (χ0n) is 11.9. The quantitative estimate of drug-likeness (QED) is 0.883. The lowest BCUT2D eigenvalue weighted by Crippen LogP contribution is -2.33. The van der Waals surface area contributed by atoms with Gasteiger partial charge in [0.1, 0.15) is 6.54 Å². The molecule has 1 aliphatic rings. The van der Waals surface area contributed by atoms with E-state index >= 15 is 0 Å². The van der Waals surface area contributed by atoms with Crippen LogP contribution >= 0.6 is 11.8 Å². The van der Waals surface area contributed by atoms with Crippen LogP contribution in [0.2, 0.25) is 0 Å². The van der Waals surface area contributed by atoms with Gasteiger partial charge in [0, 0.05) is 30.6 Å². The molecule has 1 aromatic carbocycles. The number of anilines is 1. The van der Waals surface area contributed by atoms with Crippen LogP contribution in [0.1, 0.15) is 15.9 Å². The normalized spacial score (nSPS) is 14.2. The second kappa shape index (κ2) is 6.62. The summed E-state index contributed by atoms with van der Waals surface area (Å²) in [6.45, 7) is 2.40. The van der Waals surface area contributed by atoms with Crippen molar-refractivity contribution in [3.8, 4) is 0 Å². The van der Waals surface area contributed by atoms with E-state index in [0.29, 0.717) is 23.4 Å². The molecule has 0 spiro atoms. The number of thioether (sulfide) groups is 1. The SMILES string of the molecule is CNC(=O)c1cccc(NC(=O)CN2CCSC2=O)c1C. The Labute approximate surface area is 127 Å². The van der Waals surface area contributed by atoms with Crippen molar-refractivity contribution in [3.05, 3.63) is 29.3 Å². The van der Waals surface area contributed by atoms with Crippen LogP contribution in [-0.2, 0) is 4.79 Å². The molecule has 7 heteroatoms. The van der Waals surface area contributed by atoms with Crippen molar-refractivity contribution >= 4 is 34.5 Å². The van der Waals surface area contributed by atoms with Gasteiger partial charge in [-0.15, -0.1) is 0 Å². The Morgan fingerprint density at radius 3 is 2.76 bits per heavy atom. The lowest BCUT2D eigenvalue weighted by molar-refractivity contribution is -0.116. The molecule has 2 rings (SSSR count). The predicted molar refractivity (Wildman–Crippen MR) is 82.6 cm³/mol. The maximum absolute atomic E-state index is 12.0. The van der Waals surface area contributed by atoms with Crippen LogP contribution in [0, 0.1) is 6.92 Å². The number of nitrogens with zero attached hydrogens (tertiary/aromatic N) is 1. The van der Waals surface area contributed by atoms with E-state index in [1.54, 1.807) is 32.2 Å². The third-order valence-corrected chi connectivity index (χ3v) is 4.15. The van der Waals surface area contributed by atoms with Gasteiger partial charge in [0.25, 0.3) is 11.1 Å². The molecule has 0 aliphatic carbocycles. The van der Waals surface area contributed by atoms with Crippen molar-refractivity contribution in [3.63, 3.8) is 0 Å². The van der Waals surface area contributed by atoms with Gasteiger partial charge in [0.2, 0.25) is 5.91 Å². The smallest absolute Gasteiger partial charge is 0.282 e. The molecule has 0 saturated carbocycles. The number of carbonyl (C=O) groups excluding carboxylic acids is 3. The van der Waals surface area contributed by atoms with Crippen molar-refractivity contribution in [1.82, 2.24) is 10.2 Å². The van der Waals surface area contributed by atoms with Gasteiger partial charge in [-0.25, -0.2) is 0 Å². The van der Waals surface area contributed by atoms with Crippen LogP contribution in [0.5, 0.6) is 0 Å². The van der Waals surface area contributed by atoms with E-state index in [-0.39, 0.29) is 23.6 Å². The van der Waals surface area contributed by atoms with Gasteiger partial charge in [-0.05, 0) is 24.6 Å². The average molecular weight is 307 g/mol. The van der Waals surface area contributed by atoms with E-state index in [9.17, 15) is 14.4 Å². The minimum atomic E-state index is -0.261. The second-order valence-electron chi connectivity index (χ2n) is 4.64. The maximum atomic E-state index is 12.0.